The molecule has 0 bridgehead atoms. The van der Waals surface area contributed by atoms with E-state index < -0.39 is 79.3 Å². The number of hydrogen-bond donors (Lipinski definition) is 5. The molecule has 0 radical (unpaired) electrons. The van der Waals surface area contributed by atoms with Crippen LogP contribution in [0.1, 0.15) is 99.3 Å². The molecule has 0 amide bonds. The summed E-state index contributed by atoms with van der Waals surface area (Å²) in [6.07, 6.45) is -3.99. The van der Waals surface area contributed by atoms with Crippen LogP contribution in [0.3, 0.4) is 0 Å². The highest BCUT2D eigenvalue weighted by Gasteiger charge is 2.70. The lowest BCUT2D eigenvalue weighted by atomic mass is 9.43. The molecular weight excluding hydrogens is 688 g/mol. The fourth-order valence-electron chi connectivity index (χ4n) is 13.3. The molecule has 22 atom stereocenters. The lowest BCUT2D eigenvalue weighted by molar-refractivity contribution is -0.356. The Balaban J connectivity index is 1.01. The normalized spacial score (nSPS) is 58.0. The lowest BCUT2D eigenvalue weighted by Crippen LogP contribution is -2.64. The zero-order valence-electron chi connectivity index (χ0n) is 32.2. The van der Waals surface area contributed by atoms with Crippen LogP contribution in [0.5, 0.6) is 0 Å². The SMILES string of the molecule is CC(=O)O[C@H]1CO[C@@H](O[C@@H]2C[C@H](O)CC3CCC4C5CC6OC7(CCC(C)CO7)C(C)C6[C@@]5(C)CCC4[C@]32C)[C@H](O)[C@H]1O[C@@H]1O[C@@H](C)[C@H](O)[C@@H](O)[C@H]1O. The molecule has 4 heterocycles. The Bertz CT molecular complexity index is 1340. The monoisotopic (exact) mass is 752 g/mol. The largest absolute Gasteiger partial charge is 0.457 e. The van der Waals surface area contributed by atoms with E-state index in [1.807, 2.05) is 0 Å². The number of esters is 1. The molecule has 53 heavy (non-hydrogen) atoms. The molecule has 8 rings (SSSR count). The zero-order chi connectivity index (χ0) is 37.8. The fraction of sp³-hybridized carbons (Fsp3) is 0.975. The number of ether oxygens (including phenoxy) is 7. The van der Waals surface area contributed by atoms with Crippen LogP contribution in [0.15, 0.2) is 0 Å². The van der Waals surface area contributed by atoms with Gasteiger partial charge in [-0.1, -0.05) is 27.7 Å². The third-order valence-corrected chi connectivity index (χ3v) is 16.1. The molecule has 302 valence electrons. The van der Waals surface area contributed by atoms with Gasteiger partial charge in [0.1, 0.15) is 30.5 Å². The third kappa shape index (κ3) is 6.26. The Hall–Kier alpha value is -0.970. The van der Waals surface area contributed by atoms with Crippen LogP contribution >= 0.6 is 0 Å². The highest BCUT2D eigenvalue weighted by molar-refractivity contribution is 5.66. The van der Waals surface area contributed by atoms with Gasteiger partial charge in [-0.3, -0.25) is 4.79 Å². The van der Waals surface area contributed by atoms with E-state index in [2.05, 4.69) is 27.7 Å². The summed E-state index contributed by atoms with van der Waals surface area (Å²) in [5.74, 6) is 1.89. The van der Waals surface area contributed by atoms with E-state index in [1.54, 1.807) is 0 Å². The van der Waals surface area contributed by atoms with E-state index in [4.69, 9.17) is 33.2 Å². The quantitative estimate of drug-likeness (QED) is 0.259. The Kier molecular flexibility index (Phi) is 10.4. The second-order valence-electron chi connectivity index (χ2n) is 18.9. The van der Waals surface area contributed by atoms with Crippen molar-refractivity contribution in [3.05, 3.63) is 0 Å². The second-order valence-corrected chi connectivity index (χ2v) is 18.9. The van der Waals surface area contributed by atoms with Crippen molar-refractivity contribution in [1.82, 2.24) is 0 Å². The van der Waals surface area contributed by atoms with E-state index >= 15 is 0 Å². The van der Waals surface area contributed by atoms with Crippen molar-refractivity contribution >= 4 is 5.97 Å². The summed E-state index contributed by atoms with van der Waals surface area (Å²) in [7, 11) is 0. The fourth-order valence-corrected chi connectivity index (χ4v) is 13.3. The smallest absolute Gasteiger partial charge is 0.303 e. The summed E-state index contributed by atoms with van der Waals surface area (Å²) in [6.45, 7) is 12.9. The summed E-state index contributed by atoms with van der Waals surface area (Å²) in [4.78, 5) is 12.1. The maximum atomic E-state index is 12.1. The Labute approximate surface area is 313 Å². The van der Waals surface area contributed by atoms with Gasteiger partial charge in [0.15, 0.2) is 24.5 Å². The average molecular weight is 753 g/mol. The molecule has 4 aliphatic carbocycles. The summed E-state index contributed by atoms with van der Waals surface area (Å²) in [5, 5.41) is 54.4. The average Bonchev–Trinajstić information content (AvgIpc) is 3.56. The minimum absolute atomic E-state index is 0.150. The van der Waals surface area contributed by atoms with Gasteiger partial charge in [0.2, 0.25) is 0 Å². The van der Waals surface area contributed by atoms with Crippen molar-refractivity contribution in [3.8, 4) is 0 Å². The molecule has 4 saturated heterocycles. The summed E-state index contributed by atoms with van der Waals surface area (Å²) in [6, 6.07) is 0. The Morgan fingerprint density at radius 3 is 2.28 bits per heavy atom. The van der Waals surface area contributed by atoms with Crippen LogP contribution in [-0.4, -0.2) is 124 Å². The lowest BCUT2D eigenvalue weighted by Gasteiger charge is -2.63. The molecule has 0 aromatic carbocycles. The van der Waals surface area contributed by atoms with Crippen molar-refractivity contribution in [1.29, 1.82) is 0 Å². The molecule has 8 aliphatic rings. The standard InChI is InChI=1S/C40H64O13/c1-18-9-12-40(48-16-18)19(2)30-27(53-40)15-26-24-8-7-22-13-23(42)14-29(39(22,6)25(24)10-11-38(26,30)5)51-36-34(46)35(28(17-47-36)50-21(4)41)52-37-33(45)32(44)31(43)20(3)49-37/h18-20,22-37,42-46H,7-17H2,1-6H3/t18?,19?,20-,22?,23+,24?,25?,26?,27?,28-,29+,30?,31-,32+,33+,34+,35-,36-,37-,38-,39-,40?/m0/s1. The topological polar surface area (TPSA) is 183 Å². The number of aliphatic hydroxyl groups excluding tert-OH is 5. The van der Waals surface area contributed by atoms with Gasteiger partial charge in [-0.05, 0) is 98.2 Å². The first kappa shape index (κ1) is 38.9. The van der Waals surface area contributed by atoms with Crippen LogP contribution in [0.4, 0.5) is 0 Å². The van der Waals surface area contributed by atoms with Gasteiger partial charge in [0, 0.05) is 25.7 Å². The Morgan fingerprint density at radius 1 is 0.792 bits per heavy atom. The van der Waals surface area contributed by atoms with E-state index in [0.29, 0.717) is 48.3 Å². The van der Waals surface area contributed by atoms with E-state index in [0.717, 1.165) is 51.6 Å². The predicted octanol–water partition coefficient (Wildman–Crippen LogP) is 2.65. The predicted molar refractivity (Wildman–Crippen MR) is 187 cm³/mol. The molecule has 1 spiro atoms. The van der Waals surface area contributed by atoms with Gasteiger partial charge >= 0.3 is 5.97 Å². The summed E-state index contributed by atoms with van der Waals surface area (Å²) >= 11 is 0. The highest BCUT2D eigenvalue weighted by atomic mass is 16.7. The van der Waals surface area contributed by atoms with Gasteiger partial charge in [-0.2, -0.15) is 0 Å². The number of carbonyl (C=O) groups is 1. The molecule has 4 aliphatic heterocycles. The van der Waals surface area contributed by atoms with Crippen LogP contribution < -0.4 is 0 Å². The number of rotatable bonds is 5. The van der Waals surface area contributed by atoms with E-state index in [-0.39, 0.29) is 29.5 Å². The first-order chi connectivity index (χ1) is 25.1. The minimum atomic E-state index is -1.62. The number of fused-ring (bicyclic) bond motifs is 7. The van der Waals surface area contributed by atoms with Gasteiger partial charge in [-0.25, -0.2) is 0 Å². The molecule has 0 aromatic heterocycles. The van der Waals surface area contributed by atoms with Gasteiger partial charge in [0.25, 0.3) is 0 Å². The molecule has 4 saturated carbocycles. The van der Waals surface area contributed by atoms with E-state index in [9.17, 15) is 30.3 Å². The third-order valence-electron chi connectivity index (χ3n) is 16.1. The van der Waals surface area contributed by atoms with Crippen molar-refractivity contribution < 1.29 is 63.5 Å². The number of aliphatic hydroxyl groups is 5. The van der Waals surface area contributed by atoms with Gasteiger partial charge in [-0.15, -0.1) is 0 Å². The summed E-state index contributed by atoms with van der Waals surface area (Å²) < 4.78 is 43.7. The van der Waals surface area contributed by atoms with Gasteiger partial charge < -0.3 is 58.7 Å². The van der Waals surface area contributed by atoms with Gasteiger partial charge in [0.05, 0.1) is 37.6 Å². The second kappa shape index (κ2) is 14.1. The van der Waals surface area contributed by atoms with Crippen LogP contribution in [0, 0.1) is 52.3 Å². The number of hydrogen-bond acceptors (Lipinski definition) is 13. The first-order valence-electron chi connectivity index (χ1n) is 20.5. The van der Waals surface area contributed by atoms with Crippen molar-refractivity contribution in [2.75, 3.05) is 13.2 Å². The number of carbonyl (C=O) groups excluding carboxylic acids is 1. The molecule has 5 N–H and O–H groups in total. The van der Waals surface area contributed by atoms with Crippen molar-refractivity contribution in [2.24, 2.45) is 52.3 Å². The van der Waals surface area contributed by atoms with Crippen LogP contribution in [0.2, 0.25) is 0 Å². The zero-order valence-corrected chi connectivity index (χ0v) is 32.2. The minimum Gasteiger partial charge on any atom is -0.457 e. The molecular formula is C40H64O13. The van der Waals surface area contributed by atoms with Crippen LogP contribution in [0.25, 0.3) is 0 Å². The summed E-state index contributed by atoms with van der Waals surface area (Å²) in [5.41, 5.74) is -0.136. The molecule has 0 aromatic rings. The Morgan fingerprint density at radius 2 is 1.57 bits per heavy atom. The molecule has 13 heteroatoms. The molecule has 9 unspecified atom stereocenters. The molecule has 8 fully saturated rings. The van der Waals surface area contributed by atoms with Crippen LogP contribution in [-0.2, 0) is 38.0 Å². The van der Waals surface area contributed by atoms with Crippen molar-refractivity contribution in [3.63, 3.8) is 0 Å². The maximum absolute atomic E-state index is 12.1. The first-order valence-corrected chi connectivity index (χ1v) is 20.5. The van der Waals surface area contributed by atoms with Crippen molar-refractivity contribution in [2.45, 2.75) is 179 Å². The van der Waals surface area contributed by atoms with E-state index in [1.165, 1.54) is 13.8 Å². The highest BCUT2D eigenvalue weighted by Crippen LogP contribution is 2.71. The maximum Gasteiger partial charge on any atom is 0.303 e. The molecule has 13 nitrogen and oxygen atoms in total.